The number of sulfonamides is 1. The number of benzene rings is 1. The van der Waals surface area contributed by atoms with E-state index in [-0.39, 0.29) is 18.5 Å². The molecule has 0 aromatic heterocycles. The Morgan fingerprint density at radius 2 is 1.72 bits per heavy atom. The molecule has 1 saturated heterocycles. The van der Waals surface area contributed by atoms with Crippen molar-refractivity contribution in [2.24, 2.45) is 5.92 Å². The van der Waals surface area contributed by atoms with Gasteiger partial charge in [0.25, 0.3) is 0 Å². The monoisotopic (exact) mass is 376 g/mol. The van der Waals surface area contributed by atoms with Crippen molar-refractivity contribution >= 4 is 10.0 Å². The molecule has 25 heavy (non-hydrogen) atoms. The summed E-state index contributed by atoms with van der Waals surface area (Å²) in [6, 6.07) is 2.99. The van der Waals surface area contributed by atoms with E-state index in [0.29, 0.717) is 13.2 Å². The van der Waals surface area contributed by atoms with E-state index >= 15 is 0 Å². The van der Waals surface area contributed by atoms with Gasteiger partial charge >= 0.3 is 0 Å². The van der Waals surface area contributed by atoms with Crippen LogP contribution in [0.2, 0.25) is 0 Å². The molecule has 5 nitrogen and oxygen atoms in total. The van der Waals surface area contributed by atoms with Crippen LogP contribution in [0, 0.1) is 17.6 Å². The smallest absolute Gasteiger partial charge is 0.246 e. The van der Waals surface area contributed by atoms with Gasteiger partial charge < -0.3 is 4.74 Å². The number of halogens is 2. The van der Waals surface area contributed by atoms with Crippen molar-refractivity contribution < 1.29 is 21.9 Å². The third-order valence-corrected chi connectivity index (χ3v) is 6.25. The molecule has 0 bridgehead atoms. The first-order valence-corrected chi connectivity index (χ1v) is 10.1. The molecule has 0 aliphatic carbocycles. The van der Waals surface area contributed by atoms with Crippen LogP contribution in [0.25, 0.3) is 0 Å². The zero-order valence-electron chi connectivity index (χ0n) is 14.7. The Balaban J connectivity index is 2.18. The van der Waals surface area contributed by atoms with Gasteiger partial charge in [0.15, 0.2) is 4.90 Å². The maximum absolute atomic E-state index is 13.8. The molecule has 1 aromatic carbocycles. The lowest BCUT2D eigenvalue weighted by molar-refractivity contribution is 0.00297. The number of morpholine rings is 1. The van der Waals surface area contributed by atoms with Gasteiger partial charge in [0, 0.05) is 25.7 Å². The van der Waals surface area contributed by atoms with Crippen LogP contribution in [-0.4, -0.2) is 52.2 Å². The van der Waals surface area contributed by atoms with Crippen LogP contribution in [0.1, 0.15) is 26.7 Å². The molecular formula is C17H26F2N2O3S. The van der Waals surface area contributed by atoms with Gasteiger partial charge in [-0.05, 0) is 18.1 Å². The van der Waals surface area contributed by atoms with Crippen LogP contribution in [0.3, 0.4) is 0 Å². The van der Waals surface area contributed by atoms with Gasteiger partial charge in [-0.25, -0.2) is 21.9 Å². The minimum absolute atomic E-state index is 0.0384. The van der Waals surface area contributed by atoms with Gasteiger partial charge in [0.2, 0.25) is 10.0 Å². The Bertz CT molecular complexity index is 640. The van der Waals surface area contributed by atoms with Crippen molar-refractivity contribution in [3.63, 3.8) is 0 Å². The lowest BCUT2D eigenvalue weighted by atomic mass is 9.92. The van der Waals surface area contributed by atoms with Crippen molar-refractivity contribution in [2.75, 3.05) is 32.8 Å². The van der Waals surface area contributed by atoms with Crippen molar-refractivity contribution in [2.45, 2.75) is 37.6 Å². The van der Waals surface area contributed by atoms with Crippen LogP contribution >= 0.6 is 0 Å². The molecule has 0 spiro atoms. The van der Waals surface area contributed by atoms with E-state index in [2.05, 4.69) is 23.5 Å². The molecule has 1 aliphatic heterocycles. The normalized spacial score (nSPS) is 17.8. The summed E-state index contributed by atoms with van der Waals surface area (Å²) in [5.74, 6) is -1.89. The van der Waals surface area contributed by atoms with Gasteiger partial charge in [-0.3, -0.25) is 4.90 Å². The summed E-state index contributed by atoms with van der Waals surface area (Å²) >= 11 is 0. The molecule has 1 aliphatic rings. The maximum Gasteiger partial charge on any atom is 0.246 e. The zero-order valence-corrected chi connectivity index (χ0v) is 15.5. The second-order valence-electron chi connectivity index (χ2n) is 6.19. The summed E-state index contributed by atoms with van der Waals surface area (Å²) < 4.78 is 60.3. The summed E-state index contributed by atoms with van der Waals surface area (Å²) in [7, 11) is -4.26. The van der Waals surface area contributed by atoms with Crippen molar-refractivity contribution in [1.82, 2.24) is 9.62 Å². The fourth-order valence-corrected chi connectivity index (χ4v) is 4.53. The Morgan fingerprint density at radius 1 is 1.16 bits per heavy atom. The van der Waals surface area contributed by atoms with Crippen molar-refractivity contribution in [3.05, 3.63) is 29.8 Å². The summed E-state index contributed by atoms with van der Waals surface area (Å²) in [6.45, 7) is 6.88. The second-order valence-corrected chi connectivity index (χ2v) is 7.90. The molecule has 1 aromatic rings. The molecule has 1 heterocycles. The fourth-order valence-electron chi connectivity index (χ4n) is 3.34. The molecule has 1 fully saturated rings. The summed E-state index contributed by atoms with van der Waals surface area (Å²) in [5, 5.41) is 0. The largest absolute Gasteiger partial charge is 0.379 e. The molecule has 1 N–H and O–H groups in total. The Morgan fingerprint density at radius 3 is 2.24 bits per heavy atom. The molecule has 0 amide bonds. The highest BCUT2D eigenvalue weighted by Gasteiger charge is 2.30. The number of ether oxygens (including phenoxy) is 1. The second kappa shape index (κ2) is 9.02. The van der Waals surface area contributed by atoms with E-state index in [1.165, 1.54) is 0 Å². The highest BCUT2D eigenvalue weighted by Crippen LogP contribution is 2.22. The van der Waals surface area contributed by atoms with E-state index in [1.54, 1.807) is 0 Å². The van der Waals surface area contributed by atoms with Gasteiger partial charge in [-0.15, -0.1) is 0 Å². The summed E-state index contributed by atoms with van der Waals surface area (Å²) in [4.78, 5) is 1.28. The number of nitrogens with one attached hydrogen (secondary N) is 1. The number of hydrogen-bond donors (Lipinski definition) is 1. The van der Waals surface area contributed by atoms with Gasteiger partial charge in [-0.2, -0.15) is 0 Å². The Kier molecular flexibility index (Phi) is 7.30. The average molecular weight is 376 g/mol. The molecular weight excluding hydrogens is 350 g/mol. The molecule has 0 saturated carbocycles. The quantitative estimate of drug-likeness (QED) is 0.757. The standard InChI is InChI=1S/C17H26F2N2O3S/c1-3-13(4-2)16(21-8-10-24-11-9-21)12-20-25(22,23)17-14(18)6-5-7-15(17)19/h5-7,13,16,20H,3-4,8-12H2,1-2H3. The van der Waals surface area contributed by atoms with E-state index in [1.807, 2.05) is 0 Å². The molecule has 2 rings (SSSR count). The van der Waals surface area contributed by atoms with Crippen LogP contribution in [0.4, 0.5) is 8.78 Å². The first-order chi connectivity index (χ1) is 11.9. The maximum atomic E-state index is 13.8. The van der Waals surface area contributed by atoms with E-state index < -0.39 is 26.6 Å². The van der Waals surface area contributed by atoms with Gasteiger partial charge in [0.1, 0.15) is 11.6 Å². The van der Waals surface area contributed by atoms with E-state index in [9.17, 15) is 17.2 Å². The third-order valence-electron chi connectivity index (χ3n) is 4.78. The molecule has 142 valence electrons. The van der Waals surface area contributed by atoms with E-state index in [4.69, 9.17) is 4.74 Å². The Labute approximate surface area is 148 Å². The van der Waals surface area contributed by atoms with E-state index in [0.717, 1.165) is 44.1 Å². The first kappa shape index (κ1) is 20.2. The van der Waals surface area contributed by atoms with Crippen molar-refractivity contribution in [1.29, 1.82) is 0 Å². The molecule has 1 unspecified atom stereocenters. The minimum atomic E-state index is -4.26. The van der Waals surface area contributed by atoms with Crippen LogP contribution in [0.5, 0.6) is 0 Å². The third kappa shape index (κ3) is 4.97. The molecule has 1 atom stereocenters. The van der Waals surface area contributed by atoms with Crippen LogP contribution in [-0.2, 0) is 14.8 Å². The van der Waals surface area contributed by atoms with Gasteiger partial charge in [0.05, 0.1) is 13.2 Å². The number of rotatable bonds is 8. The zero-order chi connectivity index (χ0) is 18.4. The predicted molar refractivity (Wildman–Crippen MR) is 91.8 cm³/mol. The highest BCUT2D eigenvalue weighted by atomic mass is 32.2. The van der Waals surface area contributed by atoms with Crippen molar-refractivity contribution in [3.8, 4) is 0 Å². The minimum Gasteiger partial charge on any atom is -0.379 e. The average Bonchev–Trinajstić information content (AvgIpc) is 2.59. The molecule has 0 radical (unpaired) electrons. The fraction of sp³-hybridized carbons (Fsp3) is 0.647. The SMILES string of the molecule is CCC(CC)C(CNS(=O)(=O)c1c(F)cccc1F)N1CCOCC1. The van der Waals surface area contributed by atoms with Crippen LogP contribution < -0.4 is 4.72 Å². The molecule has 8 heteroatoms. The number of hydrogen-bond acceptors (Lipinski definition) is 4. The first-order valence-electron chi connectivity index (χ1n) is 8.66. The number of nitrogens with zero attached hydrogens (tertiary/aromatic N) is 1. The topological polar surface area (TPSA) is 58.6 Å². The highest BCUT2D eigenvalue weighted by molar-refractivity contribution is 7.89. The van der Waals surface area contributed by atoms with Crippen LogP contribution in [0.15, 0.2) is 23.1 Å². The Hall–Kier alpha value is -1.09. The lowest BCUT2D eigenvalue weighted by Gasteiger charge is -2.38. The predicted octanol–water partition coefficient (Wildman–Crippen LogP) is 2.38. The summed E-state index contributed by atoms with van der Waals surface area (Å²) in [5.41, 5.74) is 0. The van der Waals surface area contributed by atoms with Gasteiger partial charge in [-0.1, -0.05) is 32.8 Å². The lowest BCUT2D eigenvalue weighted by Crippen LogP contribution is -2.52. The summed E-state index contributed by atoms with van der Waals surface area (Å²) in [6.07, 6.45) is 1.79.